The normalized spacial score (nSPS) is 10.3. The van der Waals surface area contributed by atoms with Crippen LogP contribution in [-0.2, 0) is 9.47 Å². The lowest BCUT2D eigenvalue weighted by Gasteiger charge is -2.06. The van der Waals surface area contributed by atoms with Crippen molar-refractivity contribution in [2.24, 2.45) is 0 Å². The first-order valence-electron chi connectivity index (χ1n) is 9.32. The van der Waals surface area contributed by atoms with E-state index in [0.717, 1.165) is 12.8 Å². The van der Waals surface area contributed by atoms with Crippen molar-refractivity contribution < 1.29 is 28.7 Å². The highest BCUT2D eigenvalue weighted by Crippen LogP contribution is 2.11. The van der Waals surface area contributed by atoms with E-state index < -0.39 is 22.4 Å². The van der Waals surface area contributed by atoms with Gasteiger partial charge in [-0.25, -0.2) is 9.59 Å². The van der Waals surface area contributed by atoms with Gasteiger partial charge in [-0.15, -0.1) is 0 Å². The number of halogens is 2. The Hall–Kier alpha value is -2.70. The monoisotopic (exact) mass is 450 g/mol. The Morgan fingerprint density at radius 2 is 0.833 bits per heavy atom. The van der Waals surface area contributed by atoms with Crippen LogP contribution in [0.25, 0.3) is 0 Å². The molecule has 0 atom stereocenters. The average Bonchev–Trinajstić information content (AvgIpc) is 2.75. The fraction of sp³-hybridized carbons (Fsp3) is 0.273. The average molecular weight is 451 g/mol. The predicted molar refractivity (Wildman–Crippen MR) is 112 cm³/mol. The van der Waals surface area contributed by atoms with Crippen LogP contribution >= 0.6 is 23.2 Å². The van der Waals surface area contributed by atoms with E-state index in [1.165, 1.54) is 48.5 Å². The van der Waals surface area contributed by atoms with Gasteiger partial charge in [0.15, 0.2) is 0 Å². The van der Waals surface area contributed by atoms with E-state index in [1.807, 2.05) is 0 Å². The third-order valence-electron chi connectivity index (χ3n) is 4.20. The molecule has 0 aliphatic rings. The zero-order valence-electron chi connectivity index (χ0n) is 16.1. The molecular weight excluding hydrogens is 431 g/mol. The van der Waals surface area contributed by atoms with Gasteiger partial charge in [0.05, 0.1) is 24.3 Å². The molecule has 0 aliphatic carbocycles. The SMILES string of the molecule is O=C(Cl)c1ccc(C(=O)OCCCCCCOC(=O)c2ccc(C(=O)Cl)cc2)cc1. The topological polar surface area (TPSA) is 86.7 Å². The van der Waals surface area contributed by atoms with Crippen molar-refractivity contribution in [2.75, 3.05) is 13.2 Å². The van der Waals surface area contributed by atoms with Crippen molar-refractivity contribution in [3.8, 4) is 0 Å². The molecule has 0 saturated carbocycles. The summed E-state index contributed by atoms with van der Waals surface area (Å²) in [5.41, 5.74) is 1.34. The molecule has 0 unspecified atom stereocenters. The van der Waals surface area contributed by atoms with Crippen molar-refractivity contribution in [1.29, 1.82) is 0 Å². The summed E-state index contributed by atoms with van der Waals surface area (Å²) in [6.07, 6.45) is 3.01. The van der Waals surface area contributed by atoms with Gasteiger partial charge in [0, 0.05) is 11.1 Å². The molecule has 2 rings (SSSR count). The molecule has 0 amide bonds. The van der Waals surface area contributed by atoms with Crippen molar-refractivity contribution in [3.05, 3.63) is 70.8 Å². The van der Waals surface area contributed by atoms with Gasteiger partial charge >= 0.3 is 11.9 Å². The van der Waals surface area contributed by atoms with E-state index in [1.54, 1.807) is 0 Å². The molecule has 2 aromatic rings. The Morgan fingerprint density at radius 1 is 0.533 bits per heavy atom. The molecule has 0 aromatic heterocycles. The van der Waals surface area contributed by atoms with Crippen LogP contribution in [0.5, 0.6) is 0 Å². The molecule has 0 fully saturated rings. The number of benzene rings is 2. The van der Waals surface area contributed by atoms with Crippen LogP contribution in [0.4, 0.5) is 0 Å². The Bertz CT molecular complexity index is 815. The van der Waals surface area contributed by atoms with Gasteiger partial charge in [-0.2, -0.15) is 0 Å². The molecule has 0 spiro atoms. The molecule has 0 saturated heterocycles. The van der Waals surface area contributed by atoms with Crippen molar-refractivity contribution in [3.63, 3.8) is 0 Å². The highest BCUT2D eigenvalue weighted by Gasteiger charge is 2.10. The minimum Gasteiger partial charge on any atom is -0.462 e. The van der Waals surface area contributed by atoms with Crippen LogP contribution in [-0.4, -0.2) is 35.6 Å². The van der Waals surface area contributed by atoms with Gasteiger partial charge in [0.2, 0.25) is 0 Å². The fourth-order valence-corrected chi connectivity index (χ4v) is 2.78. The van der Waals surface area contributed by atoms with Crippen molar-refractivity contribution in [2.45, 2.75) is 25.7 Å². The highest BCUT2D eigenvalue weighted by molar-refractivity contribution is 6.68. The third-order valence-corrected chi connectivity index (χ3v) is 4.64. The minimum absolute atomic E-state index is 0.278. The summed E-state index contributed by atoms with van der Waals surface area (Å²) in [5, 5.41) is -1.16. The lowest BCUT2D eigenvalue weighted by atomic mass is 10.1. The van der Waals surface area contributed by atoms with Crippen LogP contribution in [0.3, 0.4) is 0 Å². The maximum absolute atomic E-state index is 11.9. The van der Waals surface area contributed by atoms with Crippen LogP contribution in [0.15, 0.2) is 48.5 Å². The molecular formula is C22H20Cl2O6. The van der Waals surface area contributed by atoms with Crippen molar-refractivity contribution >= 4 is 45.6 Å². The zero-order chi connectivity index (χ0) is 21.9. The Labute approximate surface area is 184 Å². The number of ether oxygens (including phenoxy) is 2. The first-order valence-corrected chi connectivity index (χ1v) is 10.1. The molecule has 0 radical (unpaired) electrons. The quantitative estimate of drug-likeness (QED) is 0.271. The van der Waals surface area contributed by atoms with E-state index in [2.05, 4.69) is 0 Å². The zero-order valence-corrected chi connectivity index (χ0v) is 17.6. The van der Waals surface area contributed by atoms with Gasteiger partial charge in [0.25, 0.3) is 10.5 Å². The summed E-state index contributed by atoms with van der Waals surface area (Å²) in [5.74, 6) is -0.918. The smallest absolute Gasteiger partial charge is 0.338 e. The van der Waals surface area contributed by atoms with Crippen LogP contribution in [0.1, 0.15) is 67.1 Å². The van der Waals surface area contributed by atoms with E-state index in [0.29, 0.717) is 35.1 Å². The molecule has 8 heteroatoms. The van der Waals surface area contributed by atoms with E-state index in [-0.39, 0.29) is 13.2 Å². The number of carbonyl (C=O) groups is 4. The van der Waals surface area contributed by atoms with Crippen LogP contribution < -0.4 is 0 Å². The summed E-state index contributed by atoms with van der Waals surface area (Å²) in [7, 11) is 0. The molecule has 0 bridgehead atoms. The van der Waals surface area contributed by atoms with Gasteiger partial charge in [-0.3, -0.25) is 9.59 Å². The molecule has 0 aliphatic heterocycles. The molecule has 2 aromatic carbocycles. The summed E-state index contributed by atoms with van der Waals surface area (Å²) in [6.45, 7) is 0.556. The lowest BCUT2D eigenvalue weighted by Crippen LogP contribution is -2.08. The molecule has 158 valence electrons. The Kier molecular flexibility index (Phi) is 9.51. The van der Waals surface area contributed by atoms with Gasteiger partial charge in [0.1, 0.15) is 0 Å². The first kappa shape index (κ1) is 23.6. The largest absolute Gasteiger partial charge is 0.462 e. The second-order valence-corrected chi connectivity index (χ2v) is 7.07. The summed E-state index contributed by atoms with van der Waals surface area (Å²) in [6, 6.07) is 11.9. The van der Waals surface area contributed by atoms with Crippen LogP contribution in [0.2, 0.25) is 0 Å². The number of esters is 2. The predicted octanol–water partition coefficient (Wildman–Crippen LogP) is 5.02. The standard InChI is InChI=1S/C22H20Cl2O6/c23-19(25)15-5-9-17(10-6-15)21(27)29-13-3-1-2-4-14-30-22(28)18-11-7-16(8-12-18)20(24)26/h5-12H,1-4,13-14H2. The highest BCUT2D eigenvalue weighted by atomic mass is 35.5. The second kappa shape index (κ2) is 12.1. The number of hydrogen-bond donors (Lipinski definition) is 0. The first-order chi connectivity index (χ1) is 14.4. The van der Waals surface area contributed by atoms with Crippen LogP contribution in [0, 0.1) is 0 Å². The fourth-order valence-electron chi connectivity index (χ4n) is 2.53. The number of unbranched alkanes of at least 4 members (excludes halogenated alkanes) is 3. The van der Waals surface area contributed by atoms with Gasteiger partial charge in [-0.1, -0.05) is 0 Å². The number of rotatable bonds is 11. The Morgan fingerprint density at radius 3 is 1.13 bits per heavy atom. The molecule has 0 N–H and O–H groups in total. The maximum Gasteiger partial charge on any atom is 0.338 e. The molecule has 0 heterocycles. The lowest BCUT2D eigenvalue weighted by molar-refractivity contribution is 0.0473. The van der Waals surface area contributed by atoms with E-state index in [9.17, 15) is 19.2 Å². The van der Waals surface area contributed by atoms with E-state index >= 15 is 0 Å². The molecule has 6 nitrogen and oxygen atoms in total. The Balaban J connectivity index is 1.56. The van der Waals surface area contributed by atoms with E-state index in [4.69, 9.17) is 32.7 Å². The van der Waals surface area contributed by atoms with Gasteiger partial charge in [-0.05, 0) is 97.4 Å². The number of hydrogen-bond acceptors (Lipinski definition) is 6. The van der Waals surface area contributed by atoms with Gasteiger partial charge < -0.3 is 9.47 Å². The second-order valence-electron chi connectivity index (χ2n) is 6.39. The number of carbonyl (C=O) groups excluding carboxylic acids is 4. The third kappa shape index (κ3) is 7.61. The summed E-state index contributed by atoms with van der Waals surface area (Å²) < 4.78 is 10.4. The minimum atomic E-state index is -0.582. The maximum atomic E-state index is 11.9. The summed E-state index contributed by atoms with van der Waals surface area (Å²) >= 11 is 10.7. The van der Waals surface area contributed by atoms with Crippen molar-refractivity contribution in [1.82, 2.24) is 0 Å². The summed E-state index contributed by atoms with van der Waals surface area (Å²) in [4.78, 5) is 45.8. The molecule has 30 heavy (non-hydrogen) atoms.